The number of nitrogens with zero attached hydrogens (tertiary/aromatic N) is 3. The Kier molecular flexibility index (Phi) is 4.95. The molecule has 2 aliphatic heterocycles. The zero-order valence-electron chi connectivity index (χ0n) is 15.5. The van der Waals surface area contributed by atoms with Crippen LogP contribution >= 0.6 is 11.6 Å². The first kappa shape index (κ1) is 18.1. The number of amides is 1. The van der Waals surface area contributed by atoms with Crippen molar-refractivity contribution in [2.75, 3.05) is 13.2 Å². The highest BCUT2D eigenvalue weighted by Gasteiger charge is 2.24. The number of hydrogen-bond donors (Lipinski definition) is 1. The lowest BCUT2D eigenvalue weighted by Gasteiger charge is -2.24. The van der Waals surface area contributed by atoms with E-state index in [1.54, 1.807) is 6.07 Å². The molecule has 2 aromatic rings. The predicted octanol–water partition coefficient (Wildman–Crippen LogP) is 2.50. The van der Waals surface area contributed by atoms with Crippen molar-refractivity contribution in [3.8, 4) is 11.5 Å². The maximum absolute atomic E-state index is 12.5. The van der Waals surface area contributed by atoms with E-state index in [1.165, 1.54) is 0 Å². The van der Waals surface area contributed by atoms with Gasteiger partial charge in [-0.1, -0.05) is 25.4 Å². The van der Waals surface area contributed by atoms with Crippen molar-refractivity contribution in [1.82, 2.24) is 20.1 Å². The van der Waals surface area contributed by atoms with Crippen LogP contribution < -0.4 is 14.8 Å². The van der Waals surface area contributed by atoms with Crippen LogP contribution in [0.2, 0.25) is 5.02 Å². The molecule has 1 aromatic heterocycles. The van der Waals surface area contributed by atoms with E-state index in [1.807, 2.05) is 10.7 Å². The lowest BCUT2D eigenvalue weighted by Crippen LogP contribution is -2.42. The van der Waals surface area contributed by atoms with Gasteiger partial charge in [0.05, 0.1) is 18.0 Å². The molecule has 7 nitrogen and oxygen atoms in total. The Bertz CT molecular complexity index is 865. The van der Waals surface area contributed by atoms with Gasteiger partial charge in [-0.3, -0.25) is 4.79 Å². The first-order chi connectivity index (χ1) is 13.0. The molecule has 8 heteroatoms. The van der Waals surface area contributed by atoms with Crippen LogP contribution in [0.25, 0.3) is 0 Å². The number of benzene rings is 1. The summed E-state index contributed by atoms with van der Waals surface area (Å²) < 4.78 is 13.0. The SMILES string of the molecule is CC(C)c1nc2n(n1)CC(NC(=O)Cc1cc(Cl)c3c(c1)OCCO3)CC2. The summed E-state index contributed by atoms with van der Waals surface area (Å²) in [7, 11) is 0. The third kappa shape index (κ3) is 3.88. The molecular formula is C19H23ClN4O3. The summed E-state index contributed by atoms with van der Waals surface area (Å²) in [6, 6.07) is 3.64. The van der Waals surface area contributed by atoms with Crippen molar-refractivity contribution in [3.05, 3.63) is 34.4 Å². The van der Waals surface area contributed by atoms with Crippen LogP contribution in [0, 0.1) is 0 Å². The summed E-state index contributed by atoms with van der Waals surface area (Å²) in [5, 5.41) is 8.13. The molecular weight excluding hydrogens is 368 g/mol. The second kappa shape index (κ2) is 7.38. The molecule has 1 aromatic carbocycles. The van der Waals surface area contributed by atoms with E-state index in [0.717, 1.165) is 30.1 Å². The number of aryl methyl sites for hydroxylation is 1. The van der Waals surface area contributed by atoms with Crippen molar-refractivity contribution < 1.29 is 14.3 Å². The molecule has 1 N–H and O–H groups in total. The Morgan fingerprint density at radius 1 is 1.37 bits per heavy atom. The molecule has 0 radical (unpaired) electrons. The molecule has 4 rings (SSSR count). The molecule has 0 bridgehead atoms. The fraction of sp³-hybridized carbons (Fsp3) is 0.526. The summed E-state index contributed by atoms with van der Waals surface area (Å²) in [6.07, 6.45) is 1.93. The number of halogens is 1. The van der Waals surface area contributed by atoms with Crippen molar-refractivity contribution in [1.29, 1.82) is 0 Å². The molecule has 0 saturated heterocycles. The minimum absolute atomic E-state index is 0.0413. The molecule has 27 heavy (non-hydrogen) atoms. The van der Waals surface area contributed by atoms with Crippen LogP contribution in [0.1, 0.15) is 43.4 Å². The molecule has 0 aliphatic carbocycles. The molecule has 1 atom stereocenters. The van der Waals surface area contributed by atoms with Gasteiger partial charge in [0.1, 0.15) is 19.0 Å². The Morgan fingerprint density at radius 3 is 3.00 bits per heavy atom. The summed E-state index contributed by atoms with van der Waals surface area (Å²) in [4.78, 5) is 17.1. The van der Waals surface area contributed by atoms with E-state index < -0.39 is 0 Å². The number of rotatable bonds is 4. The highest BCUT2D eigenvalue weighted by Crippen LogP contribution is 2.38. The van der Waals surface area contributed by atoms with Crippen LogP contribution in [0.4, 0.5) is 0 Å². The Labute approximate surface area is 163 Å². The minimum atomic E-state index is -0.0413. The van der Waals surface area contributed by atoms with Gasteiger partial charge in [0.25, 0.3) is 0 Å². The maximum Gasteiger partial charge on any atom is 0.224 e. The van der Waals surface area contributed by atoms with Crippen LogP contribution in [0.5, 0.6) is 11.5 Å². The average molecular weight is 391 g/mol. The lowest BCUT2D eigenvalue weighted by atomic mass is 10.1. The predicted molar refractivity (Wildman–Crippen MR) is 101 cm³/mol. The van der Waals surface area contributed by atoms with Gasteiger partial charge in [0.2, 0.25) is 5.91 Å². The second-order valence-corrected chi connectivity index (χ2v) is 7.71. The van der Waals surface area contributed by atoms with Crippen LogP contribution in [0.15, 0.2) is 12.1 Å². The minimum Gasteiger partial charge on any atom is -0.486 e. The van der Waals surface area contributed by atoms with Gasteiger partial charge in [-0.15, -0.1) is 0 Å². The molecule has 3 heterocycles. The largest absolute Gasteiger partial charge is 0.486 e. The first-order valence-electron chi connectivity index (χ1n) is 9.30. The Hall–Kier alpha value is -2.28. The average Bonchev–Trinajstić information content (AvgIpc) is 3.05. The van der Waals surface area contributed by atoms with Gasteiger partial charge in [-0.25, -0.2) is 9.67 Å². The van der Waals surface area contributed by atoms with Crippen molar-refractivity contribution in [2.45, 2.75) is 51.6 Å². The van der Waals surface area contributed by atoms with Crippen molar-refractivity contribution >= 4 is 17.5 Å². The summed E-state index contributed by atoms with van der Waals surface area (Å²) in [6.45, 7) is 5.79. The molecule has 0 fully saturated rings. The fourth-order valence-electron chi connectivity index (χ4n) is 3.42. The lowest BCUT2D eigenvalue weighted by molar-refractivity contribution is -0.121. The van der Waals surface area contributed by atoms with Crippen molar-refractivity contribution in [3.63, 3.8) is 0 Å². The quantitative estimate of drug-likeness (QED) is 0.867. The summed E-state index contributed by atoms with van der Waals surface area (Å²) in [5.74, 6) is 3.28. The zero-order chi connectivity index (χ0) is 19.0. The van der Waals surface area contributed by atoms with Crippen LogP contribution in [0.3, 0.4) is 0 Å². The van der Waals surface area contributed by atoms with Gasteiger partial charge in [-0.2, -0.15) is 5.10 Å². The van der Waals surface area contributed by atoms with E-state index >= 15 is 0 Å². The number of aromatic nitrogens is 3. The molecule has 0 spiro atoms. The zero-order valence-corrected chi connectivity index (χ0v) is 16.3. The second-order valence-electron chi connectivity index (χ2n) is 7.30. The first-order valence-corrected chi connectivity index (χ1v) is 9.68. The van der Waals surface area contributed by atoms with Gasteiger partial charge in [0.15, 0.2) is 17.3 Å². The standard InChI is InChI=1S/C19H23ClN4O3/c1-11(2)19-22-16-4-3-13(10-24(16)23-19)21-17(25)9-12-7-14(20)18-15(8-12)26-5-6-27-18/h7-8,11,13H,3-6,9-10H2,1-2H3,(H,21,25). The van der Waals surface area contributed by atoms with Gasteiger partial charge in [0, 0.05) is 18.4 Å². The van der Waals surface area contributed by atoms with Gasteiger partial charge in [-0.05, 0) is 24.1 Å². The van der Waals surface area contributed by atoms with Gasteiger partial charge >= 0.3 is 0 Å². The molecule has 0 saturated carbocycles. The number of hydrogen-bond acceptors (Lipinski definition) is 5. The third-order valence-corrected chi connectivity index (χ3v) is 5.06. The smallest absolute Gasteiger partial charge is 0.224 e. The highest BCUT2D eigenvalue weighted by molar-refractivity contribution is 6.32. The third-order valence-electron chi connectivity index (χ3n) is 4.78. The maximum atomic E-state index is 12.5. The van der Waals surface area contributed by atoms with Crippen molar-refractivity contribution in [2.24, 2.45) is 0 Å². The normalized spacial score (nSPS) is 18.3. The monoisotopic (exact) mass is 390 g/mol. The van der Waals surface area contributed by atoms with E-state index in [9.17, 15) is 4.79 Å². The summed E-state index contributed by atoms with van der Waals surface area (Å²) in [5.41, 5.74) is 0.807. The molecule has 1 unspecified atom stereocenters. The van der Waals surface area contributed by atoms with Gasteiger partial charge < -0.3 is 14.8 Å². The van der Waals surface area contributed by atoms with Crippen LogP contribution in [-0.2, 0) is 24.2 Å². The number of ether oxygens (including phenoxy) is 2. The highest BCUT2D eigenvalue weighted by atomic mass is 35.5. The van der Waals surface area contributed by atoms with E-state index in [2.05, 4.69) is 29.2 Å². The summed E-state index contributed by atoms with van der Waals surface area (Å²) >= 11 is 6.25. The fourth-order valence-corrected chi connectivity index (χ4v) is 3.71. The van der Waals surface area contributed by atoms with E-state index in [0.29, 0.717) is 42.2 Å². The number of nitrogens with one attached hydrogen (secondary N) is 1. The number of carbonyl (C=O) groups is 1. The number of carbonyl (C=O) groups excluding carboxylic acids is 1. The molecule has 2 aliphatic rings. The molecule has 1 amide bonds. The topological polar surface area (TPSA) is 78.3 Å². The number of fused-ring (bicyclic) bond motifs is 2. The van der Waals surface area contributed by atoms with E-state index in [4.69, 9.17) is 21.1 Å². The Morgan fingerprint density at radius 2 is 2.19 bits per heavy atom. The van der Waals surface area contributed by atoms with E-state index in [-0.39, 0.29) is 18.4 Å². The Balaban J connectivity index is 1.39. The van der Waals surface area contributed by atoms with Crippen LogP contribution in [-0.4, -0.2) is 39.9 Å². The molecule has 144 valence electrons.